The van der Waals surface area contributed by atoms with Crippen LogP contribution in [0.15, 0.2) is 30.5 Å². The van der Waals surface area contributed by atoms with Crippen molar-refractivity contribution in [1.29, 1.82) is 0 Å². The number of hydrogen-bond acceptors (Lipinski definition) is 8. The molecule has 0 aromatic carbocycles. The Morgan fingerprint density at radius 2 is 1.76 bits per heavy atom. The lowest BCUT2D eigenvalue weighted by Gasteiger charge is -2.36. The lowest BCUT2D eigenvalue weighted by molar-refractivity contribution is -0.146. The normalized spacial score (nSPS) is 20.4. The minimum Gasteiger partial charge on any atom is -0.469 e. The van der Waals surface area contributed by atoms with Crippen LogP contribution in [0.5, 0.6) is 0 Å². The first kappa shape index (κ1) is 27.0. The van der Waals surface area contributed by atoms with E-state index in [1.54, 1.807) is 11.1 Å². The van der Waals surface area contributed by atoms with E-state index in [4.69, 9.17) is 21.1 Å². The summed E-state index contributed by atoms with van der Waals surface area (Å²) in [5.41, 5.74) is 2.07. The van der Waals surface area contributed by atoms with Gasteiger partial charge in [0.2, 0.25) is 0 Å². The zero-order valence-corrected chi connectivity index (χ0v) is 22.8. The van der Waals surface area contributed by atoms with Gasteiger partial charge in [-0.25, -0.2) is 14.8 Å². The molecule has 4 rings (SSSR count). The fourth-order valence-electron chi connectivity index (χ4n) is 4.80. The van der Waals surface area contributed by atoms with Gasteiger partial charge in [-0.2, -0.15) is 0 Å². The molecule has 9 nitrogen and oxygen atoms in total. The van der Waals surface area contributed by atoms with Crippen LogP contribution in [0.1, 0.15) is 46.5 Å². The molecule has 1 amide bonds. The highest BCUT2D eigenvalue weighted by Gasteiger charge is 2.28. The molecular formula is C27H36ClN5O4. The van der Waals surface area contributed by atoms with Crippen molar-refractivity contribution in [3.8, 4) is 11.3 Å². The Balaban J connectivity index is 1.40. The first-order chi connectivity index (χ1) is 17.6. The van der Waals surface area contributed by atoms with E-state index in [2.05, 4.69) is 20.2 Å². The molecule has 0 bridgehead atoms. The molecule has 10 heteroatoms. The Kier molecular flexibility index (Phi) is 8.42. The van der Waals surface area contributed by atoms with Crippen LogP contribution in [0, 0.1) is 5.92 Å². The van der Waals surface area contributed by atoms with Gasteiger partial charge in [-0.15, -0.1) is 0 Å². The monoisotopic (exact) mass is 529 g/mol. The number of ether oxygens (including phenoxy) is 2. The fourth-order valence-corrected chi connectivity index (χ4v) is 5.01. The number of pyridine rings is 2. The van der Waals surface area contributed by atoms with Crippen molar-refractivity contribution < 1.29 is 19.1 Å². The molecule has 1 N–H and O–H groups in total. The topological polar surface area (TPSA) is 96.9 Å². The number of hydrogen-bond donors (Lipinski definition) is 1. The zero-order chi connectivity index (χ0) is 26.6. The molecule has 37 heavy (non-hydrogen) atoms. The number of amides is 1. The van der Waals surface area contributed by atoms with Crippen molar-refractivity contribution in [3.05, 3.63) is 35.6 Å². The minimum absolute atomic E-state index is 0.0131. The van der Waals surface area contributed by atoms with Gasteiger partial charge in [0.1, 0.15) is 16.6 Å². The number of anilines is 2. The van der Waals surface area contributed by atoms with Gasteiger partial charge in [0, 0.05) is 49.7 Å². The minimum atomic E-state index is -0.510. The van der Waals surface area contributed by atoms with E-state index in [1.807, 2.05) is 45.0 Å². The number of nitrogens with zero attached hydrogens (tertiary/aromatic N) is 4. The molecule has 2 aromatic rings. The Morgan fingerprint density at radius 1 is 1.05 bits per heavy atom. The van der Waals surface area contributed by atoms with E-state index in [-0.39, 0.29) is 24.0 Å². The largest absolute Gasteiger partial charge is 0.469 e. The smallest absolute Gasteiger partial charge is 0.410 e. The summed E-state index contributed by atoms with van der Waals surface area (Å²) in [7, 11) is 1.45. The molecule has 0 radical (unpaired) electrons. The van der Waals surface area contributed by atoms with E-state index in [0.717, 1.165) is 48.4 Å². The first-order valence-electron chi connectivity index (χ1n) is 12.8. The maximum atomic E-state index is 12.4. The van der Waals surface area contributed by atoms with Crippen molar-refractivity contribution in [3.63, 3.8) is 0 Å². The molecule has 2 fully saturated rings. The average Bonchev–Trinajstić information content (AvgIpc) is 2.87. The summed E-state index contributed by atoms with van der Waals surface area (Å²) in [6, 6.07) is 8.02. The number of nitrogens with one attached hydrogen (secondary N) is 1. The number of aromatic nitrogens is 2. The third-order valence-electron chi connectivity index (χ3n) is 6.72. The summed E-state index contributed by atoms with van der Waals surface area (Å²) < 4.78 is 10.4. The summed E-state index contributed by atoms with van der Waals surface area (Å²) >= 11 is 6.39. The Labute approximate surface area is 223 Å². The van der Waals surface area contributed by atoms with E-state index in [0.29, 0.717) is 31.3 Å². The molecule has 1 aliphatic heterocycles. The summed E-state index contributed by atoms with van der Waals surface area (Å²) in [5.74, 6) is 0.701. The lowest BCUT2D eigenvalue weighted by atomic mass is 9.86. The van der Waals surface area contributed by atoms with Crippen LogP contribution in [0.2, 0.25) is 5.15 Å². The quantitative estimate of drug-likeness (QED) is 0.427. The van der Waals surface area contributed by atoms with E-state index < -0.39 is 5.60 Å². The van der Waals surface area contributed by atoms with Gasteiger partial charge in [0.15, 0.2) is 0 Å². The Hall–Kier alpha value is -3.07. The van der Waals surface area contributed by atoms with Crippen LogP contribution in [0.4, 0.5) is 16.3 Å². The number of carbonyl (C=O) groups excluding carboxylic acids is 2. The summed E-state index contributed by atoms with van der Waals surface area (Å²) in [6.45, 7) is 8.09. The number of piperazine rings is 1. The van der Waals surface area contributed by atoms with Crippen molar-refractivity contribution in [1.82, 2.24) is 14.9 Å². The predicted octanol–water partition coefficient (Wildman–Crippen LogP) is 5.00. The SMILES string of the molecule is COC(=O)C1CCC(Nc2cc(Cl)nc(-c3ccnc(N4CCN(C(=O)OC(C)(C)C)CC4)c3)c2)CC1. The first-order valence-corrected chi connectivity index (χ1v) is 13.2. The van der Waals surface area contributed by atoms with Crippen molar-refractivity contribution >= 4 is 35.2 Å². The third kappa shape index (κ3) is 7.25. The van der Waals surface area contributed by atoms with Gasteiger partial charge in [0.05, 0.1) is 18.7 Å². The number of methoxy groups -OCH3 is 1. The van der Waals surface area contributed by atoms with Crippen LogP contribution in [0.3, 0.4) is 0 Å². The highest BCUT2D eigenvalue weighted by atomic mass is 35.5. The summed E-state index contributed by atoms with van der Waals surface area (Å²) in [4.78, 5) is 37.2. The van der Waals surface area contributed by atoms with Crippen LogP contribution in [0.25, 0.3) is 11.3 Å². The molecule has 2 aliphatic rings. The van der Waals surface area contributed by atoms with Gasteiger partial charge in [-0.1, -0.05) is 11.6 Å². The zero-order valence-electron chi connectivity index (χ0n) is 22.0. The molecule has 3 heterocycles. The number of rotatable bonds is 5. The molecule has 1 saturated heterocycles. The van der Waals surface area contributed by atoms with Crippen molar-refractivity contribution in [2.75, 3.05) is 43.5 Å². The Bertz CT molecular complexity index is 1110. The molecule has 0 atom stereocenters. The van der Waals surface area contributed by atoms with Gasteiger partial charge in [-0.3, -0.25) is 4.79 Å². The molecule has 0 unspecified atom stereocenters. The Morgan fingerprint density at radius 3 is 2.41 bits per heavy atom. The highest BCUT2D eigenvalue weighted by molar-refractivity contribution is 6.29. The maximum Gasteiger partial charge on any atom is 0.410 e. The second kappa shape index (κ2) is 11.5. The highest BCUT2D eigenvalue weighted by Crippen LogP contribution is 2.30. The number of halogens is 1. The molecule has 0 spiro atoms. The van der Waals surface area contributed by atoms with Crippen LogP contribution < -0.4 is 10.2 Å². The van der Waals surface area contributed by atoms with E-state index >= 15 is 0 Å². The van der Waals surface area contributed by atoms with Gasteiger partial charge < -0.3 is 24.6 Å². The third-order valence-corrected chi connectivity index (χ3v) is 6.92. The molecule has 2 aromatic heterocycles. The van der Waals surface area contributed by atoms with E-state index in [1.165, 1.54) is 7.11 Å². The van der Waals surface area contributed by atoms with Crippen LogP contribution in [-0.2, 0) is 14.3 Å². The standard InChI is InChI=1S/C27H36ClN5O4/c1-27(2,3)37-26(35)33-13-11-32(12-14-33)24-15-19(9-10-29-24)22-16-21(17-23(28)31-22)30-20-7-5-18(6-8-20)25(34)36-4/h9-10,15-18,20H,5-8,11-14H2,1-4H3,(H,30,31). The van der Waals surface area contributed by atoms with Gasteiger partial charge >= 0.3 is 12.1 Å². The maximum absolute atomic E-state index is 12.4. The number of esters is 1. The lowest BCUT2D eigenvalue weighted by Crippen LogP contribution is -2.50. The van der Waals surface area contributed by atoms with Gasteiger partial charge in [0.25, 0.3) is 0 Å². The fraction of sp³-hybridized carbons (Fsp3) is 0.556. The van der Waals surface area contributed by atoms with E-state index in [9.17, 15) is 9.59 Å². The molecule has 1 saturated carbocycles. The summed E-state index contributed by atoms with van der Waals surface area (Å²) in [5, 5.41) is 3.98. The van der Waals surface area contributed by atoms with Crippen LogP contribution >= 0.6 is 11.6 Å². The average molecular weight is 530 g/mol. The number of carbonyl (C=O) groups is 2. The second-order valence-corrected chi connectivity index (χ2v) is 11.0. The molecule has 1 aliphatic carbocycles. The predicted molar refractivity (Wildman–Crippen MR) is 144 cm³/mol. The van der Waals surface area contributed by atoms with Gasteiger partial charge in [-0.05, 0) is 70.7 Å². The summed E-state index contributed by atoms with van der Waals surface area (Å²) in [6.07, 6.45) is 4.90. The van der Waals surface area contributed by atoms with Crippen LogP contribution in [-0.4, -0.2) is 71.9 Å². The molecular weight excluding hydrogens is 494 g/mol. The molecule has 200 valence electrons. The second-order valence-electron chi connectivity index (χ2n) is 10.6. The van der Waals surface area contributed by atoms with Crippen molar-refractivity contribution in [2.45, 2.75) is 58.1 Å². The van der Waals surface area contributed by atoms with Crippen molar-refractivity contribution in [2.24, 2.45) is 5.92 Å².